The van der Waals surface area contributed by atoms with E-state index in [-0.39, 0.29) is 5.83 Å². The van der Waals surface area contributed by atoms with Gasteiger partial charge in [-0.15, -0.1) is 0 Å². The van der Waals surface area contributed by atoms with Crippen molar-refractivity contribution >= 4 is 0 Å². The second-order valence-electron chi connectivity index (χ2n) is 1.00. The molecule has 0 aromatic heterocycles. The molecule has 0 saturated carbocycles. The number of halogens is 1. The van der Waals surface area contributed by atoms with Crippen LogP contribution < -0.4 is 0 Å². The van der Waals surface area contributed by atoms with Gasteiger partial charge in [0.05, 0.1) is 5.83 Å². The maximum Gasteiger partial charge on any atom is 0.0957 e. The van der Waals surface area contributed by atoms with Crippen LogP contribution in [0.5, 0.6) is 0 Å². The first-order valence-corrected chi connectivity index (χ1v) is 1.95. The SMILES string of the molecule is [CH2]/C=C(\F)CC. The Kier molecular flexibility index (Phi) is 2.73. The van der Waals surface area contributed by atoms with E-state index in [2.05, 4.69) is 6.92 Å². The summed E-state index contributed by atoms with van der Waals surface area (Å²) in [6.07, 6.45) is 1.68. The molecule has 0 atom stereocenters. The van der Waals surface area contributed by atoms with Crippen molar-refractivity contribution in [2.24, 2.45) is 0 Å². The molecule has 0 aromatic rings. The summed E-state index contributed by atoms with van der Waals surface area (Å²) in [4.78, 5) is 0. The standard InChI is InChI=1S/C5H8F/c1-3-5(6)4-2/h3H,1,4H2,2H3/b5-3-. The first-order chi connectivity index (χ1) is 2.81. The summed E-state index contributed by atoms with van der Waals surface area (Å²) >= 11 is 0. The van der Waals surface area contributed by atoms with Crippen LogP contribution in [-0.4, -0.2) is 0 Å². The molecule has 0 unspecified atom stereocenters. The van der Waals surface area contributed by atoms with Crippen molar-refractivity contribution in [3.63, 3.8) is 0 Å². The van der Waals surface area contributed by atoms with Gasteiger partial charge in [-0.2, -0.15) is 0 Å². The highest BCUT2D eigenvalue weighted by atomic mass is 19.1. The topological polar surface area (TPSA) is 0 Å². The summed E-state index contributed by atoms with van der Waals surface area (Å²) < 4.78 is 11.7. The number of hydrogen-bond donors (Lipinski definition) is 0. The normalized spacial score (nSPS) is 12.2. The Bertz CT molecular complexity index is 55.0. The van der Waals surface area contributed by atoms with Crippen LogP contribution in [0.25, 0.3) is 0 Å². The van der Waals surface area contributed by atoms with Crippen LogP contribution in [0.15, 0.2) is 11.9 Å². The lowest BCUT2D eigenvalue weighted by atomic mass is 10.4. The molecule has 0 nitrogen and oxygen atoms in total. The molecule has 0 saturated heterocycles. The smallest absolute Gasteiger partial charge is 0.0957 e. The molecule has 0 N–H and O–H groups in total. The van der Waals surface area contributed by atoms with E-state index in [1.165, 1.54) is 6.08 Å². The van der Waals surface area contributed by atoms with E-state index in [0.717, 1.165) is 0 Å². The second kappa shape index (κ2) is 2.88. The van der Waals surface area contributed by atoms with Crippen LogP contribution in [0.1, 0.15) is 13.3 Å². The third-order valence-corrected chi connectivity index (χ3v) is 0.559. The molecule has 1 heteroatoms. The average molecular weight is 87.1 g/mol. The van der Waals surface area contributed by atoms with E-state index < -0.39 is 0 Å². The van der Waals surface area contributed by atoms with Crippen LogP contribution in [0, 0.1) is 6.92 Å². The van der Waals surface area contributed by atoms with E-state index in [9.17, 15) is 4.39 Å². The molecule has 0 aliphatic carbocycles. The number of allylic oxidation sites excluding steroid dienone is 2. The van der Waals surface area contributed by atoms with Crippen molar-refractivity contribution in [1.82, 2.24) is 0 Å². The predicted molar refractivity (Wildman–Crippen MR) is 24.8 cm³/mol. The minimum absolute atomic E-state index is 0.144. The average Bonchev–Trinajstić information content (AvgIpc) is 1.65. The fourth-order valence-electron chi connectivity index (χ4n) is 0.144. The van der Waals surface area contributed by atoms with Crippen molar-refractivity contribution in [3.8, 4) is 0 Å². The molecule has 0 bridgehead atoms. The van der Waals surface area contributed by atoms with E-state index in [0.29, 0.717) is 6.42 Å². The van der Waals surface area contributed by atoms with Gasteiger partial charge in [0.15, 0.2) is 0 Å². The molecule has 0 fully saturated rings. The molecule has 0 rings (SSSR count). The van der Waals surface area contributed by atoms with Gasteiger partial charge < -0.3 is 0 Å². The van der Waals surface area contributed by atoms with E-state index >= 15 is 0 Å². The summed E-state index contributed by atoms with van der Waals surface area (Å²) in [5, 5.41) is 0. The van der Waals surface area contributed by atoms with Crippen molar-refractivity contribution < 1.29 is 4.39 Å². The second-order valence-corrected chi connectivity index (χ2v) is 1.00. The maximum atomic E-state index is 11.7. The fraction of sp³-hybridized carbons (Fsp3) is 0.400. The van der Waals surface area contributed by atoms with Gasteiger partial charge in [0, 0.05) is 0 Å². The van der Waals surface area contributed by atoms with Gasteiger partial charge in [0.2, 0.25) is 0 Å². The Morgan fingerprint density at radius 2 is 2.50 bits per heavy atom. The summed E-state index contributed by atoms with van der Waals surface area (Å²) in [5.74, 6) is -0.144. The summed E-state index contributed by atoms with van der Waals surface area (Å²) in [6, 6.07) is 0. The van der Waals surface area contributed by atoms with Crippen LogP contribution >= 0.6 is 0 Å². The van der Waals surface area contributed by atoms with Gasteiger partial charge in [-0.05, 0) is 13.3 Å². The van der Waals surface area contributed by atoms with Crippen molar-refractivity contribution in [1.29, 1.82) is 0 Å². The van der Waals surface area contributed by atoms with Gasteiger partial charge >= 0.3 is 0 Å². The quantitative estimate of drug-likeness (QED) is 0.459. The maximum absolute atomic E-state index is 11.7. The lowest BCUT2D eigenvalue weighted by Gasteiger charge is -1.79. The Balaban J connectivity index is 3.22. The molecule has 35 valence electrons. The molecule has 6 heavy (non-hydrogen) atoms. The van der Waals surface area contributed by atoms with E-state index in [1.54, 1.807) is 6.92 Å². The summed E-state index contributed by atoms with van der Waals surface area (Å²) in [7, 11) is 0. The number of rotatable bonds is 1. The van der Waals surface area contributed by atoms with Crippen LogP contribution in [0.3, 0.4) is 0 Å². The van der Waals surface area contributed by atoms with Crippen molar-refractivity contribution in [2.45, 2.75) is 13.3 Å². The van der Waals surface area contributed by atoms with Gasteiger partial charge in [-0.3, -0.25) is 0 Å². The molecule has 1 radical (unpaired) electrons. The van der Waals surface area contributed by atoms with Gasteiger partial charge in [0.25, 0.3) is 0 Å². The van der Waals surface area contributed by atoms with Crippen LogP contribution in [0.2, 0.25) is 0 Å². The zero-order chi connectivity index (χ0) is 4.99. The predicted octanol–water partition coefficient (Wildman–Crippen LogP) is 2.08. The highest BCUT2D eigenvalue weighted by Crippen LogP contribution is 1.97. The third kappa shape index (κ3) is 1.94. The first kappa shape index (κ1) is 5.67. The molecule has 0 heterocycles. The Morgan fingerprint density at radius 1 is 2.00 bits per heavy atom. The van der Waals surface area contributed by atoms with E-state index in [1.807, 2.05) is 0 Å². The lowest BCUT2D eigenvalue weighted by Crippen LogP contribution is -1.61. The monoisotopic (exact) mass is 87.1 g/mol. The third-order valence-electron chi connectivity index (χ3n) is 0.559. The number of hydrogen-bond acceptors (Lipinski definition) is 0. The molecule has 0 aliphatic rings. The van der Waals surface area contributed by atoms with Crippen molar-refractivity contribution in [3.05, 3.63) is 18.8 Å². The summed E-state index contributed by atoms with van der Waals surface area (Å²) in [5.41, 5.74) is 0. The first-order valence-electron chi connectivity index (χ1n) is 1.95. The summed E-state index contributed by atoms with van der Waals surface area (Å²) in [6.45, 7) is 4.97. The molecule has 0 amide bonds. The van der Waals surface area contributed by atoms with Crippen LogP contribution in [-0.2, 0) is 0 Å². The Labute approximate surface area is 37.7 Å². The molecular formula is C5H8F. The van der Waals surface area contributed by atoms with Crippen molar-refractivity contribution in [2.75, 3.05) is 0 Å². The highest BCUT2D eigenvalue weighted by Gasteiger charge is 1.79. The van der Waals surface area contributed by atoms with Gasteiger partial charge in [-0.1, -0.05) is 13.0 Å². The van der Waals surface area contributed by atoms with E-state index in [4.69, 9.17) is 0 Å². The minimum atomic E-state index is -0.144. The molecule has 0 aromatic carbocycles. The van der Waals surface area contributed by atoms with Crippen LogP contribution in [0.4, 0.5) is 4.39 Å². The Morgan fingerprint density at radius 3 is 2.50 bits per heavy atom. The zero-order valence-corrected chi connectivity index (χ0v) is 3.87. The molecule has 0 aliphatic heterocycles. The zero-order valence-electron chi connectivity index (χ0n) is 3.87. The molecular weight excluding hydrogens is 79.1 g/mol. The largest absolute Gasteiger partial charge is 0.212 e. The highest BCUT2D eigenvalue weighted by molar-refractivity contribution is 4.91. The van der Waals surface area contributed by atoms with Gasteiger partial charge in [-0.25, -0.2) is 4.39 Å². The lowest BCUT2D eigenvalue weighted by molar-refractivity contribution is 0.604. The minimum Gasteiger partial charge on any atom is -0.212 e. The fourth-order valence-corrected chi connectivity index (χ4v) is 0.144. The van der Waals surface area contributed by atoms with Gasteiger partial charge in [0.1, 0.15) is 0 Å². The molecule has 0 spiro atoms. The Hall–Kier alpha value is -0.330.